The molecule has 1 unspecified atom stereocenters. The maximum Gasteiger partial charge on any atom is 0.142 e. The third-order valence-electron chi connectivity index (χ3n) is 4.02. The SMILES string of the molecule is CCNCc1ccc(N2CCCCC2C)c(OCC)c1. The predicted octanol–water partition coefficient (Wildman–Crippen LogP) is 3.57. The summed E-state index contributed by atoms with van der Waals surface area (Å²) in [4.78, 5) is 2.51. The van der Waals surface area contributed by atoms with Crippen molar-refractivity contribution in [2.24, 2.45) is 0 Å². The van der Waals surface area contributed by atoms with Gasteiger partial charge >= 0.3 is 0 Å². The quantitative estimate of drug-likeness (QED) is 0.859. The number of rotatable bonds is 6. The van der Waals surface area contributed by atoms with Crippen LogP contribution >= 0.6 is 0 Å². The van der Waals surface area contributed by atoms with Crippen molar-refractivity contribution in [1.82, 2.24) is 5.32 Å². The molecule has 1 heterocycles. The van der Waals surface area contributed by atoms with Gasteiger partial charge in [0.15, 0.2) is 0 Å². The van der Waals surface area contributed by atoms with Crippen LogP contribution in [-0.2, 0) is 6.54 Å². The first kappa shape index (κ1) is 15.2. The van der Waals surface area contributed by atoms with Gasteiger partial charge in [-0.3, -0.25) is 0 Å². The Morgan fingerprint density at radius 1 is 1.30 bits per heavy atom. The van der Waals surface area contributed by atoms with Gasteiger partial charge in [0.25, 0.3) is 0 Å². The minimum atomic E-state index is 0.613. The molecule has 0 spiro atoms. The van der Waals surface area contributed by atoms with E-state index >= 15 is 0 Å². The predicted molar refractivity (Wildman–Crippen MR) is 85.7 cm³/mol. The van der Waals surface area contributed by atoms with E-state index in [1.54, 1.807) is 0 Å². The van der Waals surface area contributed by atoms with E-state index in [4.69, 9.17) is 4.74 Å². The van der Waals surface area contributed by atoms with Crippen LogP contribution in [0.2, 0.25) is 0 Å². The number of piperidine rings is 1. The topological polar surface area (TPSA) is 24.5 Å². The highest BCUT2D eigenvalue weighted by molar-refractivity contribution is 5.60. The van der Waals surface area contributed by atoms with Crippen LogP contribution in [0.3, 0.4) is 0 Å². The molecule has 0 bridgehead atoms. The van der Waals surface area contributed by atoms with Crippen LogP contribution in [0.5, 0.6) is 5.75 Å². The lowest BCUT2D eigenvalue weighted by Gasteiger charge is -2.36. The van der Waals surface area contributed by atoms with Crippen molar-refractivity contribution < 1.29 is 4.74 Å². The minimum absolute atomic E-state index is 0.613. The van der Waals surface area contributed by atoms with E-state index in [0.29, 0.717) is 6.04 Å². The van der Waals surface area contributed by atoms with Crippen molar-refractivity contribution in [1.29, 1.82) is 0 Å². The lowest BCUT2D eigenvalue weighted by molar-refractivity contribution is 0.337. The van der Waals surface area contributed by atoms with Gasteiger partial charge in [-0.05, 0) is 57.4 Å². The highest BCUT2D eigenvalue weighted by atomic mass is 16.5. The van der Waals surface area contributed by atoms with Crippen molar-refractivity contribution in [3.63, 3.8) is 0 Å². The molecule has 20 heavy (non-hydrogen) atoms. The van der Waals surface area contributed by atoms with E-state index in [0.717, 1.165) is 32.0 Å². The van der Waals surface area contributed by atoms with E-state index in [-0.39, 0.29) is 0 Å². The Hall–Kier alpha value is -1.22. The van der Waals surface area contributed by atoms with E-state index in [1.807, 2.05) is 0 Å². The number of ether oxygens (including phenoxy) is 1. The third-order valence-corrected chi connectivity index (χ3v) is 4.02. The molecule has 1 aromatic rings. The molecule has 1 aromatic carbocycles. The molecule has 0 aliphatic carbocycles. The number of nitrogens with zero attached hydrogens (tertiary/aromatic N) is 1. The molecule has 1 aliphatic heterocycles. The molecule has 3 heteroatoms. The summed E-state index contributed by atoms with van der Waals surface area (Å²) in [6, 6.07) is 7.27. The van der Waals surface area contributed by atoms with Gasteiger partial charge in [0.1, 0.15) is 5.75 Å². The van der Waals surface area contributed by atoms with Gasteiger partial charge in [-0.2, -0.15) is 0 Å². The molecule has 1 fully saturated rings. The van der Waals surface area contributed by atoms with Gasteiger partial charge in [-0.15, -0.1) is 0 Å². The lowest BCUT2D eigenvalue weighted by atomic mass is 10.0. The first-order valence-corrected chi connectivity index (χ1v) is 7.99. The Bertz CT molecular complexity index is 419. The monoisotopic (exact) mass is 276 g/mol. The molecule has 0 radical (unpaired) electrons. The second kappa shape index (κ2) is 7.53. The van der Waals surface area contributed by atoms with Crippen molar-refractivity contribution in [2.45, 2.75) is 52.6 Å². The highest BCUT2D eigenvalue weighted by Gasteiger charge is 2.21. The maximum atomic E-state index is 5.89. The standard InChI is InChI=1S/C17H28N2O/c1-4-18-13-15-9-10-16(17(12-15)20-5-2)19-11-7-6-8-14(19)3/h9-10,12,14,18H,4-8,11,13H2,1-3H3. The number of anilines is 1. The number of hydrogen-bond donors (Lipinski definition) is 1. The zero-order chi connectivity index (χ0) is 14.4. The van der Waals surface area contributed by atoms with E-state index < -0.39 is 0 Å². The summed E-state index contributed by atoms with van der Waals surface area (Å²) in [6.45, 7) is 10.3. The Morgan fingerprint density at radius 3 is 2.85 bits per heavy atom. The molecule has 1 aliphatic rings. The average Bonchev–Trinajstić information content (AvgIpc) is 2.47. The molecule has 1 N–H and O–H groups in total. The smallest absolute Gasteiger partial charge is 0.142 e. The van der Waals surface area contributed by atoms with E-state index in [2.05, 4.69) is 49.2 Å². The number of nitrogens with one attached hydrogen (secondary N) is 1. The first-order valence-electron chi connectivity index (χ1n) is 7.99. The summed E-state index contributed by atoms with van der Waals surface area (Å²) in [6.07, 6.45) is 3.92. The lowest BCUT2D eigenvalue weighted by Crippen LogP contribution is -2.37. The van der Waals surface area contributed by atoms with E-state index in [9.17, 15) is 0 Å². The van der Waals surface area contributed by atoms with Crippen molar-refractivity contribution in [2.75, 3.05) is 24.6 Å². The van der Waals surface area contributed by atoms with Gasteiger partial charge in [-0.1, -0.05) is 13.0 Å². The largest absolute Gasteiger partial charge is 0.492 e. The van der Waals surface area contributed by atoms with Crippen LogP contribution in [0, 0.1) is 0 Å². The summed E-state index contributed by atoms with van der Waals surface area (Å²) in [5.41, 5.74) is 2.56. The maximum absolute atomic E-state index is 5.89. The van der Waals surface area contributed by atoms with Crippen molar-refractivity contribution in [3.8, 4) is 5.75 Å². The fourth-order valence-corrected chi connectivity index (χ4v) is 2.90. The summed E-state index contributed by atoms with van der Waals surface area (Å²) in [7, 11) is 0. The molecule has 112 valence electrons. The Kier molecular flexibility index (Phi) is 5.72. The van der Waals surface area contributed by atoms with Gasteiger partial charge in [0.2, 0.25) is 0 Å². The molecule has 3 nitrogen and oxygen atoms in total. The normalized spacial score (nSPS) is 19.1. The molecule has 2 rings (SSSR count). The minimum Gasteiger partial charge on any atom is -0.492 e. The van der Waals surface area contributed by atoms with Crippen LogP contribution in [0.25, 0.3) is 0 Å². The molecule has 0 saturated carbocycles. The number of hydrogen-bond acceptors (Lipinski definition) is 3. The van der Waals surface area contributed by atoms with Crippen LogP contribution in [0.15, 0.2) is 18.2 Å². The van der Waals surface area contributed by atoms with Gasteiger partial charge in [0.05, 0.1) is 12.3 Å². The van der Waals surface area contributed by atoms with Crippen LogP contribution in [0.4, 0.5) is 5.69 Å². The zero-order valence-corrected chi connectivity index (χ0v) is 13.1. The summed E-state index contributed by atoms with van der Waals surface area (Å²) in [5, 5.41) is 3.37. The summed E-state index contributed by atoms with van der Waals surface area (Å²) < 4.78 is 5.89. The number of benzene rings is 1. The Labute approximate surface area is 123 Å². The fourth-order valence-electron chi connectivity index (χ4n) is 2.90. The average molecular weight is 276 g/mol. The molecule has 1 saturated heterocycles. The van der Waals surface area contributed by atoms with Crippen molar-refractivity contribution in [3.05, 3.63) is 23.8 Å². The Balaban J connectivity index is 2.21. The van der Waals surface area contributed by atoms with Crippen LogP contribution in [0.1, 0.15) is 45.6 Å². The molecule has 1 atom stereocenters. The highest BCUT2D eigenvalue weighted by Crippen LogP contribution is 2.34. The van der Waals surface area contributed by atoms with Crippen LogP contribution < -0.4 is 15.0 Å². The summed E-state index contributed by atoms with van der Waals surface area (Å²) in [5.74, 6) is 1.04. The molecular formula is C17H28N2O. The molecule has 0 aromatic heterocycles. The fraction of sp³-hybridized carbons (Fsp3) is 0.647. The van der Waals surface area contributed by atoms with Gasteiger partial charge in [-0.25, -0.2) is 0 Å². The first-order chi connectivity index (χ1) is 9.76. The Morgan fingerprint density at radius 2 is 2.15 bits per heavy atom. The molecular weight excluding hydrogens is 248 g/mol. The third kappa shape index (κ3) is 3.66. The second-order valence-corrected chi connectivity index (χ2v) is 5.55. The molecule has 0 amide bonds. The second-order valence-electron chi connectivity index (χ2n) is 5.55. The zero-order valence-electron chi connectivity index (χ0n) is 13.1. The van der Waals surface area contributed by atoms with Crippen LogP contribution in [-0.4, -0.2) is 25.7 Å². The van der Waals surface area contributed by atoms with Gasteiger partial charge < -0.3 is 15.0 Å². The summed E-state index contributed by atoms with van der Waals surface area (Å²) >= 11 is 0. The van der Waals surface area contributed by atoms with Crippen molar-refractivity contribution >= 4 is 5.69 Å². The van der Waals surface area contributed by atoms with E-state index in [1.165, 1.54) is 30.5 Å². The van der Waals surface area contributed by atoms with Gasteiger partial charge in [0, 0.05) is 19.1 Å².